The Hall–Kier alpha value is -2.88. The average Bonchev–Trinajstić information content (AvgIpc) is 3.50. The van der Waals surface area contributed by atoms with Crippen molar-refractivity contribution >= 4 is 16.7 Å². The summed E-state index contributed by atoms with van der Waals surface area (Å²) >= 11 is 0. The van der Waals surface area contributed by atoms with Crippen molar-refractivity contribution in [3.8, 4) is 5.75 Å². The van der Waals surface area contributed by atoms with Crippen LogP contribution >= 0.6 is 0 Å². The standard InChI is InChI=1S/C22H20FNO2/c23-21-8-4-3-7-18(21)14-24(19-10-11-19)22(25)15-26-20-12-9-16-5-1-2-6-17(16)13-20/h1-9,12-13,19H,10-11,14-15H2. The number of fused-ring (bicyclic) bond motifs is 1. The van der Waals surface area contributed by atoms with Crippen LogP contribution in [0.1, 0.15) is 18.4 Å². The molecule has 1 amide bonds. The van der Waals surface area contributed by atoms with Crippen LogP contribution in [0.3, 0.4) is 0 Å². The van der Waals surface area contributed by atoms with Gasteiger partial charge in [-0.15, -0.1) is 0 Å². The second kappa shape index (κ2) is 7.16. The number of carbonyl (C=O) groups is 1. The first-order valence-electron chi connectivity index (χ1n) is 8.85. The van der Waals surface area contributed by atoms with E-state index >= 15 is 0 Å². The van der Waals surface area contributed by atoms with Gasteiger partial charge in [0.1, 0.15) is 11.6 Å². The monoisotopic (exact) mass is 349 g/mol. The molecule has 3 nitrogen and oxygen atoms in total. The first kappa shape index (κ1) is 16.6. The van der Waals surface area contributed by atoms with E-state index in [4.69, 9.17) is 4.74 Å². The van der Waals surface area contributed by atoms with Crippen molar-refractivity contribution in [1.82, 2.24) is 4.90 Å². The zero-order valence-electron chi connectivity index (χ0n) is 14.4. The molecule has 0 bridgehead atoms. The van der Waals surface area contributed by atoms with E-state index in [1.165, 1.54) is 6.07 Å². The van der Waals surface area contributed by atoms with Crippen molar-refractivity contribution in [2.24, 2.45) is 0 Å². The van der Waals surface area contributed by atoms with E-state index in [1.807, 2.05) is 42.5 Å². The second-order valence-corrected chi connectivity index (χ2v) is 6.64. The molecule has 132 valence electrons. The first-order valence-corrected chi connectivity index (χ1v) is 8.85. The van der Waals surface area contributed by atoms with Gasteiger partial charge in [0.15, 0.2) is 6.61 Å². The molecule has 3 aromatic carbocycles. The molecule has 0 atom stereocenters. The highest BCUT2D eigenvalue weighted by molar-refractivity contribution is 5.84. The molecule has 3 aromatic rings. The summed E-state index contributed by atoms with van der Waals surface area (Å²) in [5, 5.41) is 2.20. The molecule has 0 aromatic heterocycles. The summed E-state index contributed by atoms with van der Waals surface area (Å²) in [6.45, 7) is 0.251. The normalized spacial score (nSPS) is 13.6. The van der Waals surface area contributed by atoms with E-state index in [-0.39, 0.29) is 30.9 Å². The van der Waals surface area contributed by atoms with Gasteiger partial charge in [-0.1, -0.05) is 48.5 Å². The zero-order valence-corrected chi connectivity index (χ0v) is 14.4. The summed E-state index contributed by atoms with van der Waals surface area (Å²) in [4.78, 5) is 14.4. The maximum Gasteiger partial charge on any atom is 0.261 e. The lowest BCUT2D eigenvalue weighted by Gasteiger charge is -2.23. The van der Waals surface area contributed by atoms with Crippen molar-refractivity contribution in [2.75, 3.05) is 6.61 Å². The summed E-state index contributed by atoms with van der Waals surface area (Å²) in [7, 11) is 0. The minimum atomic E-state index is -0.276. The Morgan fingerprint density at radius 2 is 1.73 bits per heavy atom. The van der Waals surface area contributed by atoms with Crippen molar-refractivity contribution < 1.29 is 13.9 Å². The molecular formula is C22H20FNO2. The lowest BCUT2D eigenvalue weighted by Crippen LogP contribution is -2.36. The van der Waals surface area contributed by atoms with Crippen LogP contribution in [-0.2, 0) is 11.3 Å². The molecule has 0 aliphatic heterocycles. The third-order valence-electron chi connectivity index (χ3n) is 4.69. The average molecular weight is 349 g/mol. The lowest BCUT2D eigenvalue weighted by molar-refractivity contribution is -0.134. The summed E-state index contributed by atoms with van der Waals surface area (Å²) in [5.74, 6) is 0.281. The quantitative estimate of drug-likeness (QED) is 0.653. The zero-order chi connectivity index (χ0) is 17.9. The molecule has 1 fully saturated rings. The van der Waals surface area contributed by atoms with Crippen LogP contribution in [0.5, 0.6) is 5.75 Å². The Bertz CT molecular complexity index is 936. The fourth-order valence-corrected chi connectivity index (χ4v) is 3.10. The van der Waals surface area contributed by atoms with Crippen LogP contribution in [0.4, 0.5) is 4.39 Å². The van der Waals surface area contributed by atoms with Crippen LogP contribution in [0.15, 0.2) is 66.7 Å². The number of amides is 1. The topological polar surface area (TPSA) is 29.5 Å². The molecule has 4 heteroatoms. The number of ether oxygens (including phenoxy) is 1. The Morgan fingerprint density at radius 3 is 2.50 bits per heavy atom. The molecule has 1 aliphatic carbocycles. The maximum absolute atomic E-state index is 13.9. The van der Waals surface area contributed by atoms with Crippen molar-refractivity contribution in [1.29, 1.82) is 0 Å². The van der Waals surface area contributed by atoms with E-state index in [1.54, 1.807) is 23.1 Å². The Balaban J connectivity index is 1.44. The Morgan fingerprint density at radius 1 is 1.00 bits per heavy atom. The third kappa shape index (κ3) is 3.69. The smallest absolute Gasteiger partial charge is 0.261 e. The lowest BCUT2D eigenvalue weighted by atomic mass is 10.1. The molecule has 26 heavy (non-hydrogen) atoms. The number of halogens is 1. The number of hydrogen-bond donors (Lipinski definition) is 0. The maximum atomic E-state index is 13.9. The van der Waals surface area contributed by atoms with Gasteiger partial charge in [0.05, 0.1) is 0 Å². The molecule has 0 N–H and O–H groups in total. The van der Waals surface area contributed by atoms with E-state index in [9.17, 15) is 9.18 Å². The molecule has 0 unspecified atom stereocenters. The third-order valence-corrected chi connectivity index (χ3v) is 4.69. The van der Waals surface area contributed by atoms with Gasteiger partial charge in [0.2, 0.25) is 0 Å². The predicted octanol–water partition coefficient (Wildman–Crippen LogP) is 4.55. The highest BCUT2D eigenvalue weighted by atomic mass is 19.1. The van der Waals surface area contributed by atoms with Gasteiger partial charge < -0.3 is 9.64 Å². The molecule has 0 radical (unpaired) electrons. The Labute approximate surface area is 152 Å². The minimum absolute atomic E-state index is 0.0384. The Kier molecular flexibility index (Phi) is 4.57. The van der Waals surface area contributed by atoms with E-state index < -0.39 is 0 Å². The van der Waals surface area contributed by atoms with E-state index in [2.05, 4.69) is 0 Å². The molecule has 0 heterocycles. The van der Waals surface area contributed by atoms with E-state index in [0.29, 0.717) is 11.3 Å². The van der Waals surface area contributed by atoms with Gasteiger partial charge >= 0.3 is 0 Å². The fraction of sp³-hybridized carbons (Fsp3) is 0.227. The summed E-state index contributed by atoms with van der Waals surface area (Å²) < 4.78 is 19.6. The van der Waals surface area contributed by atoms with Crippen LogP contribution in [0.2, 0.25) is 0 Å². The number of carbonyl (C=O) groups excluding carboxylic acids is 1. The number of nitrogens with zero attached hydrogens (tertiary/aromatic N) is 1. The molecule has 0 spiro atoms. The van der Waals surface area contributed by atoms with E-state index in [0.717, 1.165) is 23.6 Å². The SMILES string of the molecule is O=C(COc1ccc2ccccc2c1)N(Cc1ccccc1F)C1CC1. The molecule has 4 rings (SSSR count). The van der Waals surface area contributed by atoms with Crippen molar-refractivity contribution in [3.63, 3.8) is 0 Å². The predicted molar refractivity (Wildman–Crippen MR) is 99.4 cm³/mol. The van der Waals surface area contributed by atoms with Gasteiger partial charge in [-0.25, -0.2) is 4.39 Å². The summed E-state index contributed by atoms with van der Waals surface area (Å²) in [5.41, 5.74) is 0.540. The van der Waals surface area contributed by atoms with Gasteiger partial charge in [-0.05, 0) is 41.8 Å². The van der Waals surface area contributed by atoms with Gasteiger partial charge in [-0.3, -0.25) is 4.79 Å². The minimum Gasteiger partial charge on any atom is -0.484 e. The largest absolute Gasteiger partial charge is 0.484 e. The van der Waals surface area contributed by atoms with Crippen LogP contribution in [0, 0.1) is 5.82 Å². The number of rotatable bonds is 6. The highest BCUT2D eigenvalue weighted by Gasteiger charge is 2.33. The summed E-state index contributed by atoms with van der Waals surface area (Å²) in [6.07, 6.45) is 1.94. The van der Waals surface area contributed by atoms with Crippen molar-refractivity contribution in [2.45, 2.75) is 25.4 Å². The molecule has 1 saturated carbocycles. The van der Waals surface area contributed by atoms with Gasteiger partial charge in [0, 0.05) is 18.2 Å². The fourth-order valence-electron chi connectivity index (χ4n) is 3.10. The number of benzene rings is 3. The molecular weight excluding hydrogens is 329 g/mol. The summed E-state index contributed by atoms with van der Waals surface area (Å²) in [6, 6.07) is 20.6. The van der Waals surface area contributed by atoms with Crippen molar-refractivity contribution in [3.05, 3.63) is 78.1 Å². The first-order chi connectivity index (χ1) is 12.7. The van der Waals surface area contributed by atoms with Gasteiger partial charge in [0.25, 0.3) is 5.91 Å². The second-order valence-electron chi connectivity index (χ2n) is 6.64. The van der Waals surface area contributed by atoms with Crippen LogP contribution < -0.4 is 4.74 Å². The molecule has 0 saturated heterocycles. The van der Waals surface area contributed by atoms with Gasteiger partial charge in [-0.2, -0.15) is 0 Å². The number of hydrogen-bond acceptors (Lipinski definition) is 2. The van der Waals surface area contributed by atoms with Crippen LogP contribution in [-0.4, -0.2) is 23.5 Å². The van der Waals surface area contributed by atoms with Crippen LogP contribution in [0.25, 0.3) is 10.8 Å². The highest BCUT2D eigenvalue weighted by Crippen LogP contribution is 2.29. The molecule has 1 aliphatic rings.